The number of unbranched alkanes of at least 4 members (excludes halogenated alkanes) is 9. The van der Waals surface area contributed by atoms with Gasteiger partial charge in [-0.15, -0.1) is 0 Å². The van der Waals surface area contributed by atoms with E-state index in [1.54, 1.807) is 0 Å². The average Bonchev–Trinajstić information content (AvgIpc) is 2.48. The topological polar surface area (TPSA) is 57.5 Å². The van der Waals surface area contributed by atoms with Crippen molar-refractivity contribution < 1.29 is 15.0 Å². The van der Waals surface area contributed by atoms with Crippen molar-refractivity contribution in [2.24, 2.45) is 0 Å². The predicted molar refractivity (Wildman–Crippen MR) is 93.1 cm³/mol. The van der Waals surface area contributed by atoms with Crippen LogP contribution in [0.1, 0.15) is 96.8 Å². The van der Waals surface area contributed by atoms with Crippen molar-refractivity contribution in [2.45, 2.75) is 103 Å². The highest BCUT2D eigenvalue weighted by atomic mass is 16.4. The van der Waals surface area contributed by atoms with E-state index in [-0.39, 0.29) is 6.10 Å². The summed E-state index contributed by atoms with van der Waals surface area (Å²) in [5.41, 5.74) is 0. The molecule has 1 atom stereocenters. The summed E-state index contributed by atoms with van der Waals surface area (Å²) in [4.78, 5) is 10.3. The zero-order valence-corrected chi connectivity index (χ0v) is 14.4. The molecule has 0 aromatic carbocycles. The van der Waals surface area contributed by atoms with Crippen molar-refractivity contribution in [3.05, 3.63) is 12.2 Å². The highest BCUT2D eigenvalue weighted by molar-refractivity contribution is 5.66. The summed E-state index contributed by atoms with van der Waals surface area (Å²) in [5, 5.41) is 18.3. The van der Waals surface area contributed by atoms with Gasteiger partial charge in [0, 0.05) is 6.42 Å². The lowest BCUT2D eigenvalue weighted by Gasteiger charge is -2.07. The Kier molecular flexibility index (Phi) is 15.9. The largest absolute Gasteiger partial charge is 0.481 e. The quantitative estimate of drug-likeness (QED) is 0.293. The monoisotopic (exact) mass is 312 g/mol. The number of aliphatic hydroxyl groups is 1. The summed E-state index contributed by atoms with van der Waals surface area (Å²) in [5.74, 6) is -0.675. The first kappa shape index (κ1) is 21.2. The second-order valence-electron chi connectivity index (χ2n) is 6.24. The van der Waals surface area contributed by atoms with Gasteiger partial charge in [0.25, 0.3) is 0 Å². The number of hydrogen-bond acceptors (Lipinski definition) is 2. The van der Waals surface area contributed by atoms with Crippen LogP contribution in [0.15, 0.2) is 12.2 Å². The first-order valence-electron chi connectivity index (χ1n) is 9.21. The van der Waals surface area contributed by atoms with E-state index >= 15 is 0 Å². The van der Waals surface area contributed by atoms with Crippen molar-refractivity contribution >= 4 is 5.97 Å². The fourth-order valence-electron chi connectivity index (χ4n) is 2.61. The molecule has 0 amide bonds. The summed E-state index contributed by atoms with van der Waals surface area (Å²) in [6.45, 7) is 2.11. The average molecular weight is 312 g/mol. The van der Waals surface area contributed by atoms with E-state index in [0.29, 0.717) is 6.42 Å². The van der Waals surface area contributed by atoms with Gasteiger partial charge in [-0.05, 0) is 25.7 Å². The van der Waals surface area contributed by atoms with Gasteiger partial charge in [-0.3, -0.25) is 4.79 Å². The highest BCUT2D eigenvalue weighted by Crippen LogP contribution is 2.13. The van der Waals surface area contributed by atoms with Crippen molar-refractivity contribution in [2.75, 3.05) is 0 Å². The molecule has 0 aromatic rings. The minimum atomic E-state index is -0.675. The third kappa shape index (κ3) is 17.2. The third-order valence-electron chi connectivity index (χ3n) is 3.99. The van der Waals surface area contributed by atoms with Gasteiger partial charge in [-0.25, -0.2) is 0 Å². The first-order valence-corrected chi connectivity index (χ1v) is 9.21. The maximum absolute atomic E-state index is 10.3. The molecular formula is C19H36O3. The predicted octanol–water partition coefficient (Wildman–Crippen LogP) is 5.47. The third-order valence-corrected chi connectivity index (χ3v) is 3.99. The lowest BCUT2D eigenvalue weighted by atomic mass is 10.0. The van der Waals surface area contributed by atoms with Gasteiger partial charge in [0.1, 0.15) is 0 Å². The van der Waals surface area contributed by atoms with E-state index in [4.69, 9.17) is 5.11 Å². The molecule has 22 heavy (non-hydrogen) atoms. The molecule has 0 aliphatic heterocycles. The number of aliphatic carboxylic acids is 1. The van der Waals surface area contributed by atoms with Gasteiger partial charge in [0.15, 0.2) is 0 Å². The van der Waals surface area contributed by atoms with Crippen LogP contribution in [-0.2, 0) is 4.79 Å². The van der Waals surface area contributed by atoms with Crippen LogP contribution in [0.5, 0.6) is 0 Å². The zero-order chi connectivity index (χ0) is 16.5. The van der Waals surface area contributed by atoms with Gasteiger partial charge < -0.3 is 10.2 Å². The number of carboxylic acids is 1. The molecule has 1 unspecified atom stereocenters. The number of aliphatic hydroxyl groups excluding tert-OH is 1. The molecule has 0 aromatic heterocycles. The van der Waals surface area contributed by atoms with Crippen LogP contribution in [0.25, 0.3) is 0 Å². The van der Waals surface area contributed by atoms with Gasteiger partial charge in [0.2, 0.25) is 0 Å². The number of allylic oxidation sites excluding steroid dienone is 1. The van der Waals surface area contributed by atoms with Crippen LogP contribution < -0.4 is 0 Å². The molecular weight excluding hydrogens is 276 g/mol. The Hall–Kier alpha value is -0.830. The maximum Gasteiger partial charge on any atom is 0.303 e. The standard InChI is InChI=1S/C19H36O3/c1-2-3-12-15-18(20)16-13-10-8-6-4-5-7-9-11-14-17-19(21)22/h3,12,18,20H,2,4-11,13-17H2,1H3,(H,21,22). The Bertz CT molecular complexity index is 274. The molecule has 0 heterocycles. The Balaban J connectivity index is 3.14. The van der Waals surface area contributed by atoms with Gasteiger partial charge in [-0.1, -0.05) is 76.9 Å². The van der Waals surface area contributed by atoms with E-state index in [9.17, 15) is 9.90 Å². The van der Waals surface area contributed by atoms with E-state index in [1.165, 1.54) is 44.9 Å². The number of carbonyl (C=O) groups is 1. The van der Waals surface area contributed by atoms with Crippen LogP contribution in [0.4, 0.5) is 0 Å². The van der Waals surface area contributed by atoms with E-state index in [2.05, 4.69) is 19.1 Å². The van der Waals surface area contributed by atoms with Crippen LogP contribution in [0, 0.1) is 0 Å². The summed E-state index contributed by atoms with van der Waals surface area (Å²) >= 11 is 0. The Morgan fingerprint density at radius 1 is 0.864 bits per heavy atom. The molecule has 0 spiro atoms. The van der Waals surface area contributed by atoms with E-state index in [1.807, 2.05) is 0 Å². The summed E-state index contributed by atoms with van der Waals surface area (Å²) in [6, 6.07) is 0. The second-order valence-corrected chi connectivity index (χ2v) is 6.24. The molecule has 2 N–H and O–H groups in total. The molecule has 0 saturated heterocycles. The van der Waals surface area contributed by atoms with Gasteiger partial charge >= 0.3 is 5.97 Å². The zero-order valence-electron chi connectivity index (χ0n) is 14.4. The van der Waals surface area contributed by atoms with Crippen molar-refractivity contribution in [3.63, 3.8) is 0 Å². The highest BCUT2D eigenvalue weighted by Gasteiger charge is 2.01. The van der Waals surface area contributed by atoms with E-state index < -0.39 is 5.97 Å². The SMILES string of the molecule is CCC=CCC(O)CCCCCCCCCCCCC(=O)O. The Morgan fingerprint density at radius 2 is 1.36 bits per heavy atom. The van der Waals surface area contributed by atoms with Crippen LogP contribution >= 0.6 is 0 Å². The Labute approximate surface area is 136 Å². The Morgan fingerprint density at radius 3 is 1.86 bits per heavy atom. The van der Waals surface area contributed by atoms with Crippen molar-refractivity contribution in [3.8, 4) is 0 Å². The smallest absolute Gasteiger partial charge is 0.303 e. The summed E-state index contributed by atoms with van der Waals surface area (Å²) < 4.78 is 0. The molecule has 130 valence electrons. The molecule has 0 aliphatic rings. The van der Waals surface area contributed by atoms with Crippen LogP contribution in [0.2, 0.25) is 0 Å². The molecule has 3 nitrogen and oxygen atoms in total. The molecule has 0 bridgehead atoms. The summed E-state index contributed by atoms with van der Waals surface area (Å²) in [6.07, 6.45) is 18.9. The van der Waals surface area contributed by atoms with Gasteiger partial charge in [-0.2, -0.15) is 0 Å². The molecule has 0 fully saturated rings. The number of hydrogen-bond donors (Lipinski definition) is 2. The molecule has 0 rings (SSSR count). The molecule has 0 saturated carbocycles. The number of carboxylic acid groups (broad SMARTS) is 1. The lowest BCUT2D eigenvalue weighted by molar-refractivity contribution is -0.137. The fraction of sp³-hybridized carbons (Fsp3) is 0.842. The fourth-order valence-corrected chi connectivity index (χ4v) is 2.61. The normalized spacial score (nSPS) is 12.8. The van der Waals surface area contributed by atoms with Crippen molar-refractivity contribution in [1.29, 1.82) is 0 Å². The van der Waals surface area contributed by atoms with E-state index in [0.717, 1.165) is 38.5 Å². The van der Waals surface area contributed by atoms with Crippen LogP contribution in [-0.4, -0.2) is 22.3 Å². The minimum Gasteiger partial charge on any atom is -0.481 e. The minimum absolute atomic E-state index is 0.159. The number of rotatable bonds is 16. The molecule has 0 radical (unpaired) electrons. The lowest BCUT2D eigenvalue weighted by Crippen LogP contribution is -2.04. The van der Waals surface area contributed by atoms with Crippen molar-refractivity contribution in [1.82, 2.24) is 0 Å². The maximum atomic E-state index is 10.3. The summed E-state index contributed by atoms with van der Waals surface area (Å²) in [7, 11) is 0. The molecule has 3 heteroatoms. The van der Waals surface area contributed by atoms with Crippen LogP contribution in [0.3, 0.4) is 0 Å². The first-order chi connectivity index (χ1) is 10.7. The van der Waals surface area contributed by atoms with Gasteiger partial charge in [0.05, 0.1) is 6.10 Å². The molecule has 0 aliphatic carbocycles. The second kappa shape index (κ2) is 16.5.